The van der Waals surface area contributed by atoms with Gasteiger partial charge in [0.25, 0.3) is 0 Å². The fourth-order valence-electron chi connectivity index (χ4n) is 2.55. The molecule has 0 bridgehead atoms. The summed E-state index contributed by atoms with van der Waals surface area (Å²) in [5.74, 6) is 0. The van der Waals surface area contributed by atoms with Crippen LogP contribution in [0, 0.1) is 0 Å². The van der Waals surface area contributed by atoms with Crippen LogP contribution < -0.4 is 0 Å². The van der Waals surface area contributed by atoms with E-state index in [0.717, 1.165) is 12.8 Å². The highest BCUT2D eigenvalue weighted by atomic mass is 28.4. The fourth-order valence-corrected chi connectivity index (χ4v) is 3.59. The number of benzene rings is 1. The Morgan fingerprint density at radius 2 is 1.87 bits per heavy atom. The summed E-state index contributed by atoms with van der Waals surface area (Å²) in [5.41, 5.74) is 2.55. The van der Waals surface area contributed by atoms with Gasteiger partial charge in [0.2, 0.25) is 0 Å². The molecule has 2 aromatic rings. The van der Waals surface area contributed by atoms with Gasteiger partial charge in [-0.2, -0.15) is 0 Å². The van der Waals surface area contributed by atoms with Crippen molar-refractivity contribution >= 4 is 19.2 Å². The molecule has 1 aromatic heterocycles. The Labute approximate surface area is 141 Å². The summed E-state index contributed by atoms with van der Waals surface area (Å²) < 4.78 is 8.28. The lowest BCUT2D eigenvalue weighted by atomic mass is 10.1. The second-order valence-electron chi connectivity index (χ2n) is 8.05. The first-order valence-corrected chi connectivity index (χ1v) is 11.4. The second-order valence-corrected chi connectivity index (χ2v) is 12.9. The number of nitrogens with zero attached hydrogens (tertiary/aromatic N) is 1. The van der Waals surface area contributed by atoms with E-state index in [9.17, 15) is 5.11 Å². The van der Waals surface area contributed by atoms with Crippen molar-refractivity contribution in [3.05, 3.63) is 36.0 Å². The molecule has 4 heteroatoms. The molecule has 0 amide bonds. The highest BCUT2D eigenvalue weighted by Crippen LogP contribution is 2.36. The molecule has 2 rings (SSSR count). The number of aryl methyl sites for hydroxylation is 2. The van der Waals surface area contributed by atoms with E-state index in [1.807, 2.05) is 0 Å². The lowest BCUT2D eigenvalue weighted by Crippen LogP contribution is -2.42. The van der Waals surface area contributed by atoms with E-state index in [2.05, 4.69) is 75.9 Å². The van der Waals surface area contributed by atoms with Crippen LogP contribution >= 0.6 is 0 Å². The number of hydrogen-bond acceptors (Lipinski definition) is 2. The van der Waals surface area contributed by atoms with Crippen molar-refractivity contribution in [1.82, 2.24) is 4.57 Å². The van der Waals surface area contributed by atoms with Crippen molar-refractivity contribution in [2.75, 3.05) is 6.61 Å². The van der Waals surface area contributed by atoms with E-state index in [4.69, 9.17) is 4.43 Å². The molecule has 1 N–H and O–H groups in total. The van der Waals surface area contributed by atoms with Gasteiger partial charge in [-0.25, -0.2) is 0 Å². The Hall–Kier alpha value is -1.10. The van der Waals surface area contributed by atoms with Gasteiger partial charge in [0.05, 0.1) is 12.7 Å². The molecule has 0 aliphatic carbocycles. The summed E-state index contributed by atoms with van der Waals surface area (Å²) in [6.07, 6.45) is 3.39. The van der Waals surface area contributed by atoms with Crippen molar-refractivity contribution in [2.45, 2.75) is 57.8 Å². The van der Waals surface area contributed by atoms with Crippen LogP contribution in [0.5, 0.6) is 0 Å². The number of para-hydroxylation sites is 1. The predicted octanol–water partition coefficient (Wildman–Crippen LogP) is 4.49. The minimum Gasteiger partial charge on any atom is -0.414 e. The number of aromatic nitrogens is 1. The topological polar surface area (TPSA) is 34.4 Å². The normalized spacial score (nSPS) is 14.4. The molecule has 1 heterocycles. The first kappa shape index (κ1) is 18.2. The van der Waals surface area contributed by atoms with Crippen LogP contribution in [-0.4, -0.2) is 30.7 Å². The molecule has 128 valence electrons. The van der Waals surface area contributed by atoms with Gasteiger partial charge in [0.1, 0.15) is 0 Å². The van der Waals surface area contributed by atoms with Gasteiger partial charge in [-0.05, 0) is 42.6 Å². The molecular formula is C19H31NO2Si. The Morgan fingerprint density at radius 1 is 1.22 bits per heavy atom. The van der Waals surface area contributed by atoms with Gasteiger partial charge in [-0.1, -0.05) is 39.0 Å². The number of aliphatic hydroxyl groups is 1. The van der Waals surface area contributed by atoms with E-state index in [1.54, 1.807) is 0 Å². The second kappa shape index (κ2) is 6.79. The van der Waals surface area contributed by atoms with E-state index < -0.39 is 14.4 Å². The summed E-state index contributed by atoms with van der Waals surface area (Å²) in [6, 6.07) is 8.43. The third kappa shape index (κ3) is 4.25. The number of aliphatic hydroxyl groups excluding tert-OH is 1. The molecule has 23 heavy (non-hydrogen) atoms. The molecular weight excluding hydrogens is 302 g/mol. The van der Waals surface area contributed by atoms with Crippen molar-refractivity contribution in [1.29, 1.82) is 0 Å². The maximum Gasteiger partial charge on any atom is 0.192 e. The highest BCUT2D eigenvalue weighted by molar-refractivity contribution is 6.74. The minimum atomic E-state index is -1.78. The zero-order chi connectivity index (χ0) is 17.3. The molecule has 0 spiro atoms. The van der Waals surface area contributed by atoms with Crippen LogP contribution in [0.1, 0.15) is 32.8 Å². The zero-order valence-corrected chi connectivity index (χ0v) is 16.4. The summed E-state index contributed by atoms with van der Waals surface area (Å²) in [7, 11) is 0.293. The summed E-state index contributed by atoms with van der Waals surface area (Å²) in [6.45, 7) is 11.6. The fraction of sp³-hybridized carbons (Fsp3) is 0.579. The van der Waals surface area contributed by atoms with Gasteiger partial charge in [0.15, 0.2) is 8.32 Å². The van der Waals surface area contributed by atoms with Gasteiger partial charge in [-0.15, -0.1) is 0 Å². The number of hydrogen-bond donors (Lipinski definition) is 1. The standard InChI is InChI=1S/C19H31NO2Si/c1-19(2,3)23(5,6)22-14-16(21)12-11-15-13-20(4)18-10-8-7-9-17(15)18/h7-10,13,16,21H,11-12,14H2,1-6H3/t16-/m0/s1. The lowest BCUT2D eigenvalue weighted by Gasteiger charge is -2.36. The molecule has 1 aromatic carbocycles. The average Bonchev–Trinajstić information content (AvgIpc) is 2.79. The Balaban J connectivity index is 1.93. The summed E-state index contributed by atoms with van der Waals surface area (Å²) in [5, 5.41) is 11.8. The Bertz CT molecular complexity index is 655. The lowest BCUT2D eigenvalue weighted by molar-refractivity contribution is 0.0932. The van der Waals surface area contributed by atoms with Crippen LogP contribution in [0.4, 0.5) is 0 Å². The molecule has 0 saturated heterocycles. The highest BCUT2D eigenvalue weighted by Gasteiger charge is 2.37. The Kier molecular flexibility index (Phi) is 5.39. The summed E-state index contributed by atoms with van der Waals surface area (Å²) in [4.78, 5) is 0. The maximum absolute atomic E-state index is 10.3. The quantitative estimate of drug-likeness (QED) is 0.790. The van der Waals surface area contributed by atoms with Crippen molar-refractivity contribution in [3.8, 4) is 0 Å². The van der Waals surface area contributed by atoms with Crippen molar-refractivity contribution in [3.63, 3.8) is 0 Å². The van der Waals surface area contributed by atoms with E-state index in [-0.39, 0.29) is 5.04 Å². The molecule has 0 unspecified atom stereocenters. The predicted molar refractivity (Wildman–Crippen MR) is 100 cm³/mol. The maximum atomic E-state index is 10.3. The molecule has 0 aliphatic heterocycles. The van der Waals surface area contributed by atoms with Crippen molar-refractivity contribution in [2.24, 2.45) is 7.05 Å². The van der Waals surface area contributed by atoms with Gasteiger partial charge in [-0.3, -0.25) is 0 Å². The van der Waals surface area contributed by atoms with Crippen LogP contribution in [0.2, 0.25) is 18.1 Å². The zero-order valence-electron chi connectivity index (χ0n) is 15.4. The third-order valence-corrected chi connectivity index (χ3v) is 9.67. The van der Waals surface area contributed by atoms with Gasteiger partial charge < -0.3 is 14.1 Å². The van der Waals surface area contributed by atoms with E-state index in [0.29, 0.717) is 6.61 Å². The van der Waals surface area contributed by atoms with Crippen LogP contribution in [-0.2, 0) is 17.9 Å². The molecule has 1 atom stereocenters. The number of fused-ring (bicyclic) bond motifs is 1. The SMILES string of the molecule is Cn1cc(CC[C@H](O)CO[Si](C)(C)C(C)(C)C)c2ccccc21. The summed E-state index contributed by atoms with van der Waals surface area (Å²) >= 11 is 0. The monoisotopic (exact) mass is 333 g/mol. The Morgan fingerprint density at radius 3 is 2.52 bits per heavy atom. The largest absolute Gasteiger partial charge is 0.414 e. The van der Waals surface area contributed by atoms with Gasteiger partial charge >= 0.3 is 0 Å². The first-order chi connectivity index (χ1) is 10.6. The van der Waals surface area contributed by atoms with Crippen LogP contribution in [0.3, 0.4) is 0 Å². The molecule has 0 radical (unpaired) electrons. The molecule has 0 aliphatic rings. The third-order valence-electron chi connectivity index (χ3n) is 5.17. The van der Waals surface area contributed by atoms with Gasteiger partial charge in [0, 0.05) is 24.1 Å². The van der Waals surface area contributed by atoms with Crippen molar-refractivity contribution < 1.29 is 9.53 Å². The van der Waals surface area contributed by atoms with Crippen LogP contribution in [0.25, 0.3) is 10.9 Å². The van der Waals surface area contributed by atoms with Crippen LogP contribution in [0.15, 0.2) is 30.5 Å². The molecule has 0 fully saturated rings. The molecule has 3 nitrogen and oxygen atoms in total. The van der Waals surface area contributed by atoms with E-state index in [1.165, 1.54) is 16.5 Å². The smallest absolute Gasteiger partial charge is 0.192 e. The van der Waals surface area contributed by atoms with E-state index >= 15 is 0 Å². The minimum absolute atomic E-state index is 0.183. The number of rotatable bonds is 6. The first-order valence-electron chi connectivity index (χ1n) is 8.47. The molecule has 0 saturated carbocycles. The average molecular weight is 334 g/mol.